The van der Waals surface area contributed by atoms with Gasteiger partial charge in [0.25, 0.3) is 0 Å². The Morgan fingerprint density at radius 3 is 2.40 bits per heavy atom. The first-order valence-electron chi connectivity index (χ1n) is 6.74. The molecule has 0 saturated heterocycles. The van der Waals surface area contributed by atoms with Gasteiger partial charge in [-0.25, -0.2) is 0 Å². The number of halogens is 1. The lowest BCUT2D eigenvalue weighted by Gasteiger charge is -2.23. The molecule has 2 nitrogen and oxygen atoms in total. The molecule has 106 valence electrons. The topological polar surface area (TPSA) is 46.2 Å². The molecule has 0 aliphatic heterocycles. The van der Waals surface area contributed by atoms with E-state index in [9.17, 15) is 5.11 Å². The van der Waals surface area contributed by atoms with E-state index in [1.807, 2.05) is 24.3 Å². The fourth-order valence-electron chi connectivity index (χ4n) is 2.37. The molecule has 20 heavy (non-hydrogen) atoms. The molecule has 0 aliphatic rings. The van der Waals surface area contributed by atoms with Crippen LogP contribution in [0.15, 0.2) is 42.5 Å². The average Bonchev–Trinajstić information content (AvgIpc) is 2.44. The van der Waals surface area contributed by atoms with Crippen molar-refractivity contribution in [2.75, 3.05) is 6.54 Å². The van der Waals surface area contributed by atoms with Crippen LogP contribution in [0.1, 0.15) is 34.3 Å². The molecular weight excluding hydrogens is 270 g/mol. The molecule has 3 heteroatoms. The largest absolute Gasteiger partial charge is 0.388 e. The van der Waals surface area contributed by atoms with Crippen molar-refractivity contribution in [1.82, 2.24) is 0 Å². The van der Waals surface area contributed by atoms with Gasteiger partial charge in [-0.1, -0.05) is 48.0 Å². The molecule has 0 spiro atoms. The zero-order chi connectivity index (χ0) is 14.7. The molecule has 0 heterocycles. The first-order valence-corrected chi connectivity index (χ1v) is 7.12. The van der Waals surface area contributed by atoms with Crippen molar-refractivity contribution in [2.45, 2.75) is 25.9 Å². The van der Waals surface area contributed by atoms with Gasteiger partial charge in [-0.15, -0.1) is 0 Å². The molecule has 0 bridgehead atoms. The van der Waals surface area contributed by atoms with Crippen molar-refractivity contribution in [1.29, 1.82) is 0 Å². The lowest BCUT2D eigenvalue weighted by molar-refractivity contribution is 0.147. The van der Waals surface area contributed by atoms with Crippen LogP contribution in [0.25, 0.3) is 0 Å². The van der Waals surface area contributed by atoms with Crippen molar-refractivity contribution in [3.8, 4) is 0 Å². The SMILES string of the molecule is Cc1ccc(C(CN)C(O)c2ccccc2Cl)cc1C. The molecular formula is C17H20ClNO. The lowest BCUT2D eigenvalue weighted by Crippen LogP contribution is -2.20. The molecule has 2 atom stereocenters. The summed E-state index contributed by atoms with van der Waals surface area (Å²) in [5, 5.41) is 11.2. The monoisotopic (exact) mass is 289 g/mol. The Morgan fingerprint density at radius 2 is 1.80 bits per heavy atom. The zero-order valence-electron chi connectivity index (χ0n) is 11.8. The minimum absolute atomic E-state index is 0.158. The van der Waals surface area contributed by atoms with Gasteiger partial charge in [0.15, 0.2) is 0 Å². The molecule has 0 amide bonds. The molecule has 0 saturated carbocycles. The summed E-state index contributed by atoms with van der Waals surface area (Å²) >= 11 is 6.16. The quantitative estimate of drug-likeness (QED) is 0.901. The van der Waals surface area contributed by atoms with E-state index in [0.29, 0.717) is 11.6 Å². The third-order valence-electron chi connectivity index (χ3n) is 3.82. The van der Waals surface area contributed by atoms with E-state index in [0.717, 1.165) is 11.1 Å². The van der Waals surface area contributed by atoms with Gasteiger partial charge >= 0.3 is 0 Å². The van der Waals surface area contributed by atoms with Gasteiger partial charge in [0.2, 0.25) is 0 Å². The van der Waals surface area contributed by atoms with Gasteiger partial charge in [0, 0.05) is 17.5 Å². The van der Waals surface area contributed by atoms with Crippen LogP contribution >= 0.6 is 11.6 Å². The highest BCUT2D eigenvalue weighted by atomic mass is 35.5. The minimum Gasteiger partial charge on any atom is -0.388 e. The zero-order valence-corrected chi connectivity index (χ0v) is 12.6. The van der Waals surface area contributed by atoms with Crippen LogP contribution in [0.5, 0.6) is 0 Å². The molecule has 2 aromatic carbocycles. The predicted octanol–water partition coefficient (Wildman–Crippen LogP) is 3.73. The third kappa shape index (κ3) is 3.04. The number of aryl methyl sites for hydroxylation is 2. The molecule has 2 aromatic rings. The Hall–Kier alpha value is -1.35. The Bertz CT molecular complexity index is 597. The number of benzene rings is 2. The van der Waals surface area contributed by atoms with Gasteiger partial charge in [0.1, 0.15) is 0 Å². The van der Waals surface area contributed by atoms with Gasteiger partial charge in [-0.3, -0.25) is 0 Å². The summed E-state index contributed by atoms with van der Waals surface area (Å²) in [5.74, 6) is -0.158. The van der Waals surface area contributed by atoms with Crippen LogP contribution in [-0.4, -0.2) is 11.7 Å². The Kier molecular flexibility index (Phi) is 4.81. The number of aliphatic hydroxyl groups excluding tert-OH is 1. The van der Waals surface area contributed by atoms with E-state index >= 15 is 0 Å². The second-order valence-corrected chi connectivity index (χ2v) is 5.56. The van der Waals surface area contributed by atoms with E-state index in [2.05, 4.69) is 26.0 Å². The Labute approximate surface area is 125 Å². The summed E-state index contributed by atoms with van der Waals surface area (Å²) < 4.78 is 0. The smallest absolute Gasteiger partial charge is 0.0885 e. The van der Waals surface area contributed by atoms with Crippen molar-refractivity contribution in [2.24, 2.45) is 5.73 Å². The third-order valence-corrected chi connectivity index (χ3v) is 4.16. The highest BCUT2D eigenvalue weighted by molar-refractivity contribution is 6.31. The van der Waals surface area contributed by atoms with E-state index in [1.54, 1.807) is 6.07 Å². The summed E-state index contributed by atoms with van der Waals surface area (Å²) in [6.45, 7) is 4.50. The minimum atomic E-state index is -0.698. The van der Waals surface area contributed by atoms with Crippen LogP contribution in [0.4, 0.5) is 0 Å². The van der Waals surface area contributed by atoms with Crippen molar-refractivity contribution >= 4 is 11.6 Å². The summed E-state index contributed by atoms with van der Waals surface area (Å²) in [7, 11) is 0. The van der Waals surface area contributed by atoms with Crippen LogP contribution in [0.2, 0.25) is 5.02 Å². The fraction of sp³-hybridized carbons (Fsp3) is 0.294. The summed E-state index contributed by atoms with van der Waals surface area (Å²) in [5.41, 5.74) is 10.1. The van der Waals surface area contributed by atoms with Gasteiger partial charge in [-0.05, 0) is 42.2 Å². The van der Waals surface area contributed by atoms with E-state index in [4.69, 9.17) is 17.3 Å². The Balaban J connectivity index is 2.36. The van der Waals surface area contributed by atoms with Crippen LogP contribution in [0, 0.1) is 13.8 Å². The molecule has 0 fully saturated rings. The number of aliphatic hydroxyl groups is 1. The van der Waals surface area contributed by atoms with Crippen LogP contribution in [-0.2, 0) is 0 Å². The summed E-state index contributed by atoms with van der Waals surface area (Å²) in [6, 6.07) is 13.5. The second-order valence-electron chi connectivity index (χ2n) is 5.15. The number of hydrogen-bond donors (Lipinski definition) is 2. The van der Waals surface area contributed by atoms with E-state index < -0.39 is 6.10 Å². The molecule has 2 unspecified atom stereocenters. The van der Waals surface area contributed by atoms with E-state index in [-0.39, 0.29) is 5.92 Å². The van der Waals surface area contributed by atoms with Gasteiger partial charge in [0.05, 0.1) is 6.10 Å². The summed E-state index contributed by atoms with van der Waals surface area (Å²) in [6.07, 6.45) is -0.698. The van der Waals surface area contributed by atoms with E-state index in [1.165, 1.54) is 11.1 Å². The van der Waals surface area contributed by atoms with Gasteiger partial charge in [-0.2, -0.15) is 0 Å². The highest BCUT2D eigenvalue weighted by Gasteiger charge is 2.23. The first-order chi connectivity index (χ1) is 9.54. The Morgan fingerprint density at radius 1 is 1.10 bits per heavy atom. The number of hydrogen-bond acceptors (Lipinski definition) is 2. The predicted molar refractivity (Wildman–Crippen MR) is 84.1 cm³/mol. The van der Waals surface area contributed by atoms with Gasteiger partial charge < -0.3 is 10.8 Å². The van der Waals surface area contributed by atoms with Crippen LogP contribution in [0.3, 0.4) is 0 Å². The maximum Gasteiger partial charge on any atom is 0.0885 e. The van der Waals surface area contributed by atoms with Crippen LogP contribution < -0.4 is 5.73 Å². The number of nitrogens with two attached hydrogens (primary N) is 1. The average molecular weight is 290 g/mol. The van der Waals surface area contributed by atoms with Crippen molar-refractivity contribution in [3.63, 3.8) is 0 Å². The van der Waals surface area contributed by atoms with Crippen molar-refractivity contribution < 1.29 is 5.11 Å². The van der Waals surface area contributed by atoms with Crippen molar-refractivity contribution in [3.05, 3.63) is 69.7 Å². The molecule has 2 rings (SSSR count). The molecule has 0 aromatic heterocycles. The highest BCUT2D eigenvalue weighted by Crippen LogP contribution is 2.34. The fourth-order valence-corrected chi connectivity index (χ4v) is 2.62. The normalized spacial score (nSPS) is 14.1. The first kappa shape index (κ1) is 15.0. The molecule has 3 N–H and O–H groups in total. The maximum absolute atomic E-state index is 10.6. The number of rotatable bonds is 4. The maximum atomic E-state index is 10.6. The standard InChI is InChI=1S/C17H20ClNO/c1-11-7-8-13(9-12(11)2)15(10-19)17(20)14-5-3-4-6-16(14)18/h3-9,15,17,20H,10,19H2,1-2H3. The molecule has 0 radical (unpaired) electrons. The summed E-state index contributed by atoms with van der Waals surface area (Å²) in [4.78, 5) is 0. The molecule has 0 aliphatic carbocycles. The second kappa shape index (κ2) is 6.40. The lowest BCUT2D eigenvalue weighted by atomic mass is 9.88.